The van der Waals surface area contributed by atoms with Gasteiger partial charge in [-0.3, -0.25) is 0 Å². The molecule has 5 heteroatoms. The molecule has 28 heavy (non-hydrogen) atoms. The van der Waals surface area contributed by atoms with Crippen LogP contribution in [0.2, 0.25) is 18.1 Å². The number of hydrogen-bond acceptors (Lipinski definition) is 3. The van der Waals surface area contributed by atoms with Crippen molar-refractivity contribution in [2.75, 3.05) is 11.0 Å². The van der Waals surface area contributed by atoms with E-state index >= 15 is 0 Å². The monoisotopic (exact) mass is 518 g/mol. The number of ether oxygens (including phenoxy) is 2. The minimum Gasteiger partial charge on any atom is -0.416 e. The van der Waals surface area contributed by atoms with Crippen LogP contribution in [0.1, 0.15) is 53.4 Å². The first-order chi connectivity index (χ1) is 13.0. The maximum absolute atomic E-state index is 6.54. The zero-order valence-corrected chi connectivity index (χ0v) is 22.0. The molecule has 0 saturated carbocycles. The minimum atomic E-state index is -1.77. The van der Waals surface area contributed by atoms with E-state index in [4.69, 9.17) is 13.9 Å². The first kappa shape index (κ1) is 24.3. The molecule has 1 aliphatic heterocycles. The van der Waals surface area contributed by atoms with Gasteiger partial charge in [0.15, 0.2) is 14.6 Å². The highest BCUT2D eigenvalue weighted by Gasteiger charge is 2.43. The number of alkyl halides is 1. The number of benzene rings is 1. The molecule has 0 aromatic heterocycles. The van der Waals surface area contributed by atoms with E-state index < -0.39 is 8.32 Å². The fourth-order valence-electron chi connectivity index (χ4n) is 3.56. The Balaban J connectivity index is 2.17. The molecule has 0 radical (unpaired) electrons. The van der Waals surface area contributed by atoms with Crippen molar-refractivity contribution in [2.24, 2.45) is 17.8 Å². The quantitative estimate of drug-likeness (QED) is 0.225. The van der Waals surface area contributed by atoms with Crippen molar-refractivity contribution >= 4 is 30.9 Å². The Morgan fingerprint density at radius 1 is 1.04 bits per heavy atom. The van der Waals surface area contributed by atoms with Crippen LogP contribution in [0.4, 0.5) is 0 Å². The van der Waals surface area contributed by atoms with Crippen molar-refractivity contribution in [3.8, 4) is 0 Å². The summed E-state index contributed by atoms with van der Waals surface area (Å²) in [5, 5.41) is 0.222. The van der Waals surface area contributed by atoms with Crippen LogP contribution in [0, 0.1) is 17.8 Å². The highest BCUT2D eigenvalue weighted by Crippen LogP contribution is 2.41. The van der Waals surface area contributed by atoms with E-state index in [1.165, 1.54) is 0 Å². The third-order valence-electron chi connectivity index (χ3n) is 6.55. The Labute approximate surface area is 187 Å². The zero-order chi connectivity index (χ0) is 21.1. The molecular weight excluding hydrogens is 479 g/mol. The van der Waals surface area contributed by atoms with E-state index in [0.717, 1.165) is 16.6 Å². The molecule has 0 N–H and O–H groups in total. The maximum atomic E-state index is 6.54. The molecular formula is C23H39IO3Si. The first-order valence-corrected chi connectivity index (χ1v) is 15.0. The summed E-state index contributed by atoms with van der Waals surface area (Å²) in [4.78, 5) is 0. The Morgan fingerprint density at radius 2 is 1.57 bits per heavy atom. The van der Waals surface area contributed by atoms with E-state index in [1.807, 2.05) is 6.07 Å². The summed E-state index contributed by atoms with van der Waals surface area (Å²) in [6, 6.07) is 10.3. The van der Waals surface area contributed by atoms with Crippen molar-refractivity contribution in [2.45, 2.75) is 78.2 Å². The van der Waals surface area contributed by atoms with Crippen LogP contribution in [0.15, 0.2) is 30.3 Å². The van der Waals surface area contributed by atoms with E-state index in [-0.39, 0.29) is 23.5 Å². The lowest BCUT2D eigenvalue weighted by molar-refractivity contribution is -0.289. The third kappa shape index (κ3) is 5.81. The largest absolute Gasteiger partial charge is 0.416 e. The zero-order valence-electron chi connectivity index (χ0n) is 18.9. The molecule has 1 fully saturated rings. The Kier molecular flexibility index (Phi) is 8.60. The normalized spacial score (nSPS) is 28.8. The van der Waals surface area contributed by atoms with Gasteiger partial charge in [0.2, 0.25) is 0 Å². The lowest BCUT2D eigenvalue weighted by Gasteiger charge is -2.46. The molecule has 6 atom stereocenters. The summed E-state index contributed by atoms with van der Waals surface area (Å²) in [7, 11) is -1.77. The van der Waals surface area contributed by atoms with Crippen LogP contribution in [0.5, 0.6) is 0 Å². The molecule has 1 unspecified atom stereocenters. The van der Waals surface area contributed by atoms with E-state index in [2.05, 4.69) is 101 Å². The highest BCUT2D eigenvalue weighted by molar-refractivity contribution is 14.1. The fraction of sp³-hybridized carbons (Fsp3) is 0.739. The van der Waals surface area contributed by atoms with E-state index in [1.54, 1.807) is 0 Å². The van der Waals surface area contributed by atoms with Crippen LogP contribution in [-0.4, -0.2) is 31.6 Å². The van der Waals surface area contributed by atoms with Crippen LogP contribution in [-0.2, 0) is 13.9 Å². The van der Waals surface area contributed by atoms with Crippen LogP contribution in [0.3, 0.4) is 0 Å². The summed E-state index contributed by atoms with van der Waals surface area (Å²) < 4.78 is 20.6. The molecule has 1 aromatic rings. The third-order valence-corrected chi connectivity index (χ3v) is 12.4. The molecule has 0 spiro atoms. The minimum absolute atomic E-state index is 0.124. The molecule has 0 amide bonds. The van der Waals surface area contributed by atoms with Crippen molar-refractivity contribution in [3.63, 3.8) is 0 Å². The average molecular weight is 519 g/mol. The van der Waals surface area contributed by atoms with Gasteiger partial charge in [0.25, 0.3) is 0 Å². The summed E-state index contributed by atoms with van der Waals surface area (Å²) in [5.41, 5.74) is 1.10. The van der Waals surface area contributed by atoms with Gasteiger partial charge in [-0.1, -0.05) is 94.5 Å². The van der Waals surface area contributed by atoms with Gasteiger partial charge in [-0.05, 0) is 24.1 Å². The molecule has 1 aromatic carbocycles. The highest BCUT2D eigenvalue weighted by atomic mass is 127. The molecule has 160 valence electrons. The fourth-order valence-corrected chi connectivity index (χ4v) is 5.18. The van der Waals surface area contributed by atoms with Gasteiger partial charge in [-0.2, -0.15) is 0 Å². The van der Waals surface area contributed by atoms with Gasteiger partial charge in [0.05, 0.1) is 12.2 Å². The number of halogens is 1. The van der Waals surface area contributed by atoms with Gasteiger partial charge in [-0.15, -0.1) is 0 Å². The second-order valence-corrected chi connectivity index (χ2v) is 15.7. The molecule has 3 nitrogen and oxygen atoms in total. The van der Waals surface area contributed by atoms with Crippen LogP contribution < -0.4 is 0 Å². The number of hydrogen-bond donors (Lipinski definition) is 0. The molecule has 1 saturated heterocycles. The van der Waals surface area contributed by atoms with Crippen LogP contribution in [0.25, 0.3) is 0 Å². The Morgan fingerprint density at radius 3 is 2.07 bits per heavy atom. The van der Waals surface area contributed by atoms with E-state index in [9.17, 15) is 0 Å². The van der Waals surface area contributed by atoms with Crippen molar-refractivity contribution in [1.29, 1.82) is 0 Å². The predicted molar refractivity (Wildman–Crippen MR) is 128 cm³/mol. The van der Waals surface area contributed by atoms with Gasteiger partial charge in [0, 0.05) is 28.4 Å². The standard InChI is InChI=1S/C23H39IO3Si/c1-16(14-24)20-18(3)21(17(2)15-25-28(7,8)23(4,5)6)27-22(26-20)19-12-10-9-11-13-19/h9-13,16-18,20-22H,14-15H2,1-8H3/t16-,17-,18+,20-,21+,22?/m0/s1. The van der Waals surface area contributed by atoms with Crippen molar-refractivity contribution < 1.29 is 13.9 Å². The lowest BCUT2D eigenvalue weighted by atomic mass is 9.83. The van der Waals surface area contributed by atoms with Gasteiger partial charge < -0.3 is 13.9 Å². The second-order valence-electron chi connectivity index (χ2n) is 9.98. The van der Waals surface area contributed by atoms with Crippen molar-refractivity contribution in [3.05, 3.63) is 35.9 Å². The summed E-state index contributed by atoms with van der Waals surface area (Å²) >= 11 is 2.47. The average Bonchev–Trinajstić information content (AvgIpc) is 2.65. The summed E-state index contributed by atoms with van der Waals surface area (Å²) in [6.45, 7) is 19.1. The van der Waals surface area contributed by atoms with Gasteiger partial charge in [0.1, 0.15) is 0 Å². The predicted octanol–water partition coefficient (Wildman–Crippen LogP) is 6.83. The maximum Gasteiger partial charge on any atom is 0.191 e. The topological polar surface area (TPSA) is 27.7 Å². The molecule has 0 bridgehead atoms. The number of rotatable bonds is 7. The molecule has 1 aliphatic rings. The molecule has 1 heterocycles. The smallest absolute Gasteiger partial charge is 0.191 e. The summed E-state index contributed by atoms with van der Waals surface area (Å²) in [6.07, 6.45) is 0.0171. The second kappa shape index (κ2) is 9.90. The first-order valence-electron chi connectivity index (χ1n) is 10.5. The van der Waals surface area contributed by atoms with Gasteiger partial charge in [-0.25, -0.2) is 0 Å². The van der Waals surface area contributed by atoms with Gasteiger partial charge >= 0.3 is 0 Å². The van der Waals surface area contributed by atoms with E-state index in [0.29, 0.717) is 17.8 Å². The van der Waals surface area contributed by atoms with Crippen LogP contribution >= 0.6 is 22.6 Å². The molecule has 0 aliphatic carbocycles. The van der Waals surface area contributed by atoms with Crippen molar-refractivity contribution in [1.82, 2.24) is 0 Å². The summed E-state index contributed by atoms with van der Waals surface area (Å²) in [5.74, 6) is 1.15. The Bertz CT molecular complexity index is 602. The Hall–Kier alpha value is 0.0469. The SMILES string of the molecule is C[C@@H]1[C@H]([C@@H](C)CI)OC(c2ccccc2)O[C@@H]1[C@@H](C)CO[Si](C)(C)C(C)(C)C. The molecule has 2 rings (SSSR count). The lowest BCUT2D eigenvalue weighted by Crippen LogP contribution is -2.49.